The van der Waals surface area contributed by atoms with E-state index in [0.29, 0.717) is 11.8 Å². The van der Waals surface area contributed by atoms with Crippen molar-refractivity contribution in [3.8, 4) is 0 Å². The molecule has 0 saturated carbocycles. The minimum atomic E-state index is 0.640. The van der Waals surface area contributed by atoms with Gasteiger partial charge >= 0.3 is 0 Å². The molecule has 0 heteroatoms. The Morgan fingerprint density at radius 3 is 1.47 bits per heavy atom. The highest BCUT2D eigenvalue weighted by atomic mass is 14.3. The van der Waals surface area contributed by atoms with Gasteiger partial charge in [0.2, 0.25) is 0 Å². The Hall–Kier alpha value is -0.780. The van der Waals surface area contributed by atoms with Crippen LogP contribution in [-0.4, -0.2) is 0 Å². The van der Waals surface area contributed by atoms with E-state index >= 15 is 0 Å². The summed E-state index contributed by atoms with van der Waals surface area (Å²) in [4.78, 5) is 0. The van der Waals surface area contributed by atoms with Crippen LogP contribution < -0.4 is 0 Å². The topological polar surface area (TPSA) is 0 Å². The van der Waals surface area contributed by atoms with Crippen LogP contribution in [0, 0.1) is 0 Å². The van der Waals surface area contributed by atoms with Crippen LogP contribution in [0.15, 0.2) is 12.1 Å². The second kappa shape index (κ2) is 4.48. The smallest absolute Gasteiger partial charge is 0.0182 e. The van der Waals surface area contributed by atoms with Crippen LogP contribution in [0.1, 0.15) is 93.9 Å². The Bertz CT molecular complexity index is 373. The summed E-state index contributed by atoms with van der Waals surface area (Å²) in [6.07, 6.45) is 1.33. The minimum Gasteiger partial charge on any atom is -0.0587 e. The standard InChI is InChI=1S/C17H26/c1-10(2)14-8-16-12(5)7-13(6)17(16)9-15(14)11(3)4/h8-13H,7H2,1-6H3. The molecule has 17 heavy (non-hydrogen) atoms. The van der Waals surface area contributed by atoms with Crippen molar-refractivity contribution in [2.24, 2.45) is 0 Å². The van der Waals surface area contributed by atoms with Crippen molar-refractivity contribution in [1.29, 1.82) is 0 Å². The lowest BCUT2D eigenvalue weighted by Gasteiger charge is -2.19. The van der Waals surface area contributed by atoms with Gasteiger partial charge in [0.15, 0.2) is 0 Å². The van der Waals surface area contributed by atoms with E-state index in [-0.39, 0.29) is 0 Å². The van der Waals surface area contributed by atoms with Crippen LogP contribution in [-0.2, 0) is 0 Å². The van der Waals surface area contributed by atoms with Crippen molar-refractivity contribution < 1.29 is 0 Å². The van der Waals surface area contributed by atoms with Crippen molar-refractivity contribution in [2.45, 2.75) is 71.6 Å². The zero-order valence-electron chi connectivity index (χ0n) is 12.2. The Kier molecular flexibility index (Phi) is 3.34. The summed E-state index contributed by atoms with van der Waals surface area (Å²) in [5, 5.41) is 0. The molecule has 1 aromatic carbocycles. The molecule has 1 aliphatic carbocycles. The van der Waals surface area contributed by atoms with Gasteiger partial charge in [0, 0.05) is 0 Å². The first kappa shape index (κ1) is 12.7. The Labute approximate surface area is 106 Å². The van der Waals surface area contributed by atoms with Crippen molar-refractivity contribution in [3.05, 3.63) is 34.4 Å². The maximum Gasteiger partial charge on any atom is -0.0182 e. The van der Waals surface area contributed by atoms with Gasteiger partial charge in [-0.15, -0.1) is 0 Å². The molecule has 2 atom stereocenters. The molecule has 0 spiro atoms. The van der Waals surface area contributed by atoms with Crippen molar-refractivity contribution in [1.82, 2.24) is 0 Å². The van der Waals surface area contributed by atoms with E-state index in [0.717, 1.165) is 11.8 Å². The molecule has 0 radical (unpaired) electrons. The Balaban J connectivity index is 2.59. The van der Waals surface area contributed by atoms with E-state index < -0.39 is 0 Å². The second-order valence-electron chi connectivity index (χ2n) is 6.46. The summed E-state index contributed by atoms with van der Waals surface area (Å²) in [6.45, 7) is 14.0. The number of fused-ring (bicyclic) bond motifs is 1. The van der Waals surface area contributed by atoms with Crippen LogP contribution in [0.3, 0.4) is 0 Å². The first-order valence-corrected chi connectivity index (χ1v) is 7.09. The second-order valence-corrected chi connectivity index (χ2v) is 6.46. The fourth-order valence-electron chi connectivity index (χ4n) is 3.31. The first-order valence-electron chi connectivity index (χ1n) is 7.09. The number of hydrogen-bond donors (Lipinski definition) is 0. The van der Waals surface area contributed by atoms with Gasteiger partial charge in [-0.2, -0.15) is 0 Å². The summed E-state index contributed by atoms with van der Waals surface area (Å²) >= 11 is 0. The number of hydrogen-bond acceptors (Lipinski definition) is 0. The lowest BCUT2D eigenvalue weighted by atomic mass is 9.86. The average Bonchev–Trinajstić information content (AvgIpc) is 2.52. The zero-order valence-corrected chi connectivity index (χ0v) is 12.2. The lowest BCUT2D eigenvalue weighted by molar-refractivity contribution is 0.661. The molecule has 0 fully saturated rings. The maximum atomic E-state index is 2.50. The van der Waals surface area contributed by atoms with Gasteiger partial charge < -0.3 is 0 Å². The van der Waals surface area contributed by atoms with Gasteiger partial charge in [0.25, 0.3) is 0 Å². The number of benzene rings is 1. The van der Waals surface area contributed by atoms with Gasteiger partial charge in [-0.1, -0.05) is 53.7 Å². The lowest BCUT2D eigenvalue weighted by Crippen LogP contribution is -2.02. The summed E-state index contributed by atoms with van der Waals surface area (Å²) < 4.78 is 0. The monoisotopic (exact) mass is 230 g/mol. The summed E-state index contributed by atoms with van der Waals surface area (Å²) in [5.74, 6) is 2.78. The average molecular weight is 230 g/mol. The molecule has 1 aliphatic rings. The van der Waals surface area contributed by atoms with Gasteiger partial charge in [-0.3, -0.25) is 0 Å². The largest absolute Gasteiger partial charge is 0.0587 e. The van der Waals surface area contributed by atoms with E-state index in [2.05, 4.69) is 53.7 Å². The first-order chi connectivity index (χ1) is 7.91. The number of rotatable bonds is 2. The van der Waals surface area contributed by atoms with E-state index in [1.54, 1.807) is 22.3 Å². The van der Waals surface area contributed by atoms with Crippen LogP contribution in [0.2, 0.25) is 0 Å². The third kappa shape index (κ3) is 2.14. The summed E-state index contributed by atoms with van der Waals surface area (Å²) in [5.41, 5.74) is 6.37. The van der Waals surface area contributed by atoms with Crippen molar-refractivity contribution >= 4 is 0 Å². The Morgan fingerprint density at radius 2 is 1.18 bits per heavy atom. The van der Waals surface area contributed by atoms with E-state index in [4.69, 9.17) is 0 Å². The van der Waals surface area contributed by atoms with E-state index in [1.807, 2.05) is 0 Å². The van der Waals surface area contributed by atoms with Crippen molar-refractivity contribution in [3.63, 3.8) is 0 Å². The molecular formula is C17H26. The fourth-order valence-corrected chi connectivity index (χ4v) is 3.31. The molecule has 0 bridgehead atoms. The minimum absolute atomic E-state index is 0.640. The predicted molar refractivity (Wildman–Crippen MR) is 76.1 cm³/mol. The van der Waals surface area contributed by atoms with E-state index in [9.17, 15) is 0 Å². The molecule has 0 aliphatic heterocycles. The molecule has 0 heterocycles. The molecule has 2 rings (SSSR count). The molecule has 0 amide bonds. The normalized spacial score (nSPS) is 23.5. The van der Waals surface area contributed by atoms with E-state index in [1.165, 1.54) is 6.42 Å². The van der Waals surface area contributed by atoms with Crippen LogP contribution >= 0.6 is 0 Å². The fraction of sp³-hybridized carbons (Fsp3) is 0.647. The van der Waals surface area contributed by atoms with Gasteiger partial charge in [-0.25, -0.2) is 0 Å². The Morgan fingerprint density at radius 1 is 0.824 bits per heavy atom. The highest BCUT2D eigenvalue weighted by Gasteiger charge is 2.27. The molecule has 94 valence electrons. The zero-order chi connectivity index (χ0) is 12.7. The van der Waals surface area contributed by atoms with Crippen LogP contribution in [0.25, 0.3) is 0 Å². The third-order valence-electron chi connectivity index (χ3n) is 4.30. The van der Waals surface area contributed by atoms with Gasteiger partial charge in [0.05, 0.1) is 0 Å². The molecule has 2 unspecified atom stereocenters. The van der Waals surface area contributed by atoms with Crippen molar-refractivity contribution in [2.75, 3.05) is 0 Å². The highest BCUT2D eigenvalue weighted by Crippen LogP contribution is 2.44. The van der Waals surface area contributed by atoms with Gasteiger partial charge in [0.1, 0.15) is 0 Å². The van der Waals surface area contributed by atoms with Crippen LogP contribution in [0.5, 0.6) is 0 Å². The molecule has 1 aromatic rings. The molecule has 0 N–H and O–H groups in total. The van der Waals surface area contributed by atoms with Gasteiger partial charge in [-0.05, 0) is 52.3 Å². The predicted octanol–water partition coefficient (Wildman–Crippen LogP) is 5.54. The highest BCUT2D eigenvalue weighted by molar-refractivity contribution is 5.47. The molecule has 0 saturated heterocycles. The molecular weight excluding hydrogens is 204 g/mol. The summed E-state index contributed by atoms with van der Waals surface area (Å²) in [7, 11) is 0. The summed E-state index contributed by atoms with van der Waals surface area (Å²) in [6, 6.07) is 5.01. The third-order valence-corrected chi connectivity index (χ3v) is 4.30. The maximum absolute atomic E-state index is 2.50. The molecule has 0 nitrogen and oxygen atoms in total. The van der Waals surface area contributed by atoms with Crippen LogP contribution in [0.4, 0.5) is 0 Å². The molecule has 0 aromatic heterocycles. The quantitative estimate of drug-likeness (QED) is 0.625. The SMILES string of the molecule is CC(C)c1cc2c(cc1C(C)C)C(C)CC2C.